The molecule has 3 rings (SSSR count). The van der Waals surface area contributed by atoms with Crippen LogP contribution >= 0.6 is 0 Å². The van der Waals surface area contributed by atoms with Crippen molar-refractivity contribution >= 4 is 22.8 Å². The second-order valence-corrected chi connectivity index (χ2v) is 6.39. The van der Waals surface area contributed by atoms with Gasteiger partial charge in [-0.05, 0) is 48.2 Å². The summed E-state index contributed by atoms with van der Waals surface area (Å²) in [5.74, 6) is -2.74. The summed E-state index contributed by atoms with van der Waals surface area (Å²) in [6, 6.07) is 14.8. The van der Waals surface area contributed by atoms with Crippen molar-refractivity contribution in [3.63, 3.8) is 0 Å². The van der Waals surface area contributed by atoms with E-state index in [4.69, 9.17) is 24.5 Å². The first-order chi connectivity index (χ1) is 14.0. The van der Waals surface area contributed by atoms with Gasteiger partial charge in [0, 0.05) is 23.6 Å². The lowest BCUT2D eigenvalue weighted by atomic mass is 10.1. The van der Waals surface area contributed by atoms with E-state index >= 15 is 0 Å². The number of aromatic amines is 1. The van der Waals surface area contributed by atoms with Gasteiger partial charge in [-0.1, -0.05) is 37.3 Å². The Bertz CT molecular complexity index is 935. The molecular weight excluding hydrogens is 372 g/mol. The van der Waals surface area contributed by atoms with Crippen LogP contribution in [-0.4, -0.2) is 40.8 Å². The van der Waals surface area contributed by atoms with Gasteiger partial charge in [-0.2, -0.15) is 0 Å². The molecule has 0 aliphatic carbocycles. The fourth-order valence-corrected chi connectivity index (χ4v) is 2.96. The minimum atomic E-state index is -1.82. The summed E-state index contributed by atoms with van der Waals surface area (Å²) in [6.07, 6.45) is 4.21. The van der Waals surface area contributed by atoms with Crippen molar-refractivity contribution in [3.8, 4) is 5.75 Å². The molecule has 29 heavy (non-hydrogen) atoms. The molecule has 0 amide bonds. The normalized spacial score (nSPS) is 10.3. The average molecular weight is 398 g/mol. The molecule has 0 bridgehead atoms. The molecule has 0 unspecified atom stereocenters. The van der Waals surface area contributed by atoms with Gasteiger partial charge in [-0.15, -0.1) is 0 Å². The number of hydrogen-bond donors (Lipinski definition) is 4. The first-order valence-electron chi connectivity index (χ1n) is 9.34. The zero-order valence-corrected chi connectivity index (χ0v) is 16.6. The number of para-hydroxylation sites is 1. The highest BCUT2D eigenvalue weighted by Crippen LogP contribution is 2.22. The van der Waals surface area contributed by atoms with E-state index in [2.05, 4.69) is 53.8 Å². The number of aliphatic carboxylic acids is 2. The molecule has 0 fully saturated rings. The van der Waals surface area contributed by atoms with E-state index in [1.165, 1.54) is 27.6 Å². The van der Waals surface area contributed by atoms with Gasteiger partial charge in [0.2, 0.25) is 0 Å². The summed E-state index contributed by atoms with van der Waals surface area (Å²) in [6.45, 7) is 4.05. The molecule has 0 saturated carbocycles. The molecule has 0 aliphatic heterocycles. The summed E-state index contributed by atoms with van der Waals surface area (Å²) in [5.41, 5.74) is 5.32. The molecule has 0 aliphatic rings. The SMILES string of the molecule is CCc1cccc2c(CNCCc3ccc(OC)cc3)c[nH]c12.O=C(O)C(=O)O. The van der Waals surface area contributed by atoms with E-state index in [0.717, 1.165) is 31.7 Å². The number of H-pyrrole nitrogens is 1. The molecule has 0 radical (unpaired) electrons. The lowest BCUT2D eigenvalue weighted by molar-refractivity contribution is -0.159. The van der Waals surface area contributed by atoms with Crippen LogP contribution in [0.2, 0.25) is 0 Å². The Kier molecular flexibility index (Phi) is 8.24. The average Bonchev–Trinajstić information content (AvgIpc) is 3.15. The summed E-state index contributed by atoms with van der Waals surface area (Å²) in [7, 11) is 1.70. The van der Waals surface area contributed by atoms with Crippen molar-refractivity contribution in [2.24, 2.45) is 0 Å². The minimum absolute atomic E-state index is 0.892. The van der Waals surface area contributed by atoms with E-state index in [9.17, 15) is 0 Å². The zero-order chi connectivity index (χ0) is 21.2. The summed E-state index contributed by atoms with van der Waals surface area (Å²) >= 11 is 0. The summed E-state index contributed by atoms with van der Waals surface area (Å²) in [4.78, 5) is 21.6. The van der Waals surface area contributed by atoms with Crippen LogP contribution in [0.3, 0.4) is 0 Å². The molecule has 4 N–H and O–H groups in total. The molecule has 0 saturated heterocycles. The largest absolute Gasteiger partial charge is 0.497 e. The Labute approximate surface area is 169 Å². The third-order valence-electron chi connectivity index (χ3n) is 4.52. The number of benzene rings is 2. The van der Waals surface area contributed by atoms with E-state index < -0.39 is 11.9 Å². The molecule has 1 heterocycles. The lowest BCUT2D eigenvalue weighted by Gasteiger charge is -2.06. The van der Waals surface area contributed by atoms with Crippen molar-refractivity contribution in [1.82, 2.24) is 10.3 Å². The monoisotopic (exact) mass is 398 g/mol. The fraction of sp³-hybridized carbons (Fsp3) is 0.273. The van der Waals surface area contributed by atoms with Crippen LogP contribution in [0.15, 0.2) is 48.7 Å². The quantitative estimate of drug-likeness (QED) is 0.359. The summed E-state index contributed by atoms with van der Waals surface area (Å²) in [5, 5.41) is 19.7. The lowest BCUT2D eigenvalue weighted by Crippen LogP contribution is -2.16. The smallest absolute Gasteiger partial charge is 0.414 e. The first-order valence-corrected chi connectivity index (χ1v) is 9.34. The topological polar surface area (TPSA) is 112 Å². The number of nitrogens with one attached hydrogen (secondary N) is 2. The highest BCUT2D eigenvalue weighted by Gasteiger charge is 2.06. The molecule has 154 valence electrons. The maximum Gasteiger partial charge on any atom is 0.414 e. The molecular formula is C22H26N2O5. The van der Waals surface area contributed by atoms with Gasteiger partial charge in [-0.3, -0.25) is 0 Å². The predicted molar refractivity (Wildman–Crippen MR) is 111 cm³/mol. The number of hydrogen-bond acceptors (Lipinski definition) is 4. The van der Waals surface area contributed by atoms with Gasteiger partial charge in [0.05, 0.1) is 7.11 Å². The molecule has 0 spiro atoms. The zero-order valence-electron chi connectivity index (χ0n) is 16.6. The molecule has 1 aromatic heterocycles. The maximum atomic E-state index is 9.10. The van der Waals surface area contributed by atoms with Gasteiger partial charge < -0.3 is 25.3 Å². The first kappa shape index (κ1) is 22.0. The second-order valence-electron chi connectivity index (χ2n) is 6.39. The number of carboxylic acid groups (broad SMARTS) is 2. The van der Waals surface area contributed by atoms with E-state index in [1.807, 2.05) is 12.1 Å². The van der Waals surface area contributed by atoms with Crippen molar-refractivity contribution in [1.29, 1.82) is 0 Å². The van der Waals surface area contributed by atoms with Crippen molar-refractivity contribution < 1.29 is 24.5 Å². The van der Waals surface area contributed by atoms with E-state index in [-0.39, 0.29) is 0 Å². The number of methoxy groups -OCH3 is 1. The number of carbonyl (C=O) groups is 2. The number of aryl methyl sites for hydroxylation is 1. The van der Waals surface area contributed by atoms with Crippen molar-refractivity contribution in [2.75, 3.05) is 13.7 Å². The molecule has 2 aromatic carbocycles. The van der Waals surface area contributed by atoms with E-state index in [0.29, 0.717) is 0 Å². The molecule has 0 atom stereocenters. The molecule has 3 aromatic rings. The van der Waals surface area contributed by atoms with Gasteiger partial charge >= 0.3 is 11.9 Å². The Morgan fingerprint density at radius 2 is 1.72 bits per heavy atom. The van der Waals surface area contributed by atoms with Crippen molar-refractivity contribution in [3.05, 3.63) is 65.4 Å². The number of carboxylic acids is 2. The van der Waals surface area contributed by atoms with Gasteiger partial charge in [0.1, 0.15) is 5.75 Å². The maximum absolute atomic E-state index is 9.10. The number of ether oxygens (including phenoxy) is 1. The van der Waals surface area contributed by atoms with Crippen LogP contribution in [-0.2, 0) is 29.0 Å². The highest BCUT2D eigenvalue weighted by atomic mass is 16.5. The molecule has 7 nitrogen and oxygen atoms in total. The van der Waals surface area contributed by atoms with Crippen LogP contribution in [0.5, 0.6) is 5.75 Å². The fourth-order valence-electron chi connectivity index (χ4n) is 2.96. The highest BCUT2D eigenvalue weighted by molar-refractivity contribution is 6.27. The number of fused-ring (bicyclic) bond motifs is 1. The van der Waals surface area contributed by atoms with Crippen LogP contribution in [0.4, 0.5) is 0 Å². The Balaban J connectivity index is 0.000000438. The number of aromatic nitrogens is 1. The Hall–Kier alpha value is -3.32. The Morgan fingerprint density at radius 1 is 1.03 bits per heavy atom. The minimum Gasteiger partial charge on any atom is -0.497 e. The van der Waals surface area contributed by atoms with Crippen LogP contribution in [0, 0.1) is 0 Å². The Morgan fingerprint density at radius 3 is 2.31 bits per heavy atom. The standard InChI is InChI=1S/C20H24N2O.C2H2O4/c1-3-16-5-4-6-19-17(14-22-20(16)19)13-21-12-11-15-7-9-18(23-2)10-8-15;3-1(4)2(5)6/h4-10,14,21-22H,3,11-13H2,1-2H3;(H,3,4)(H,5,6). The van der Waals surface area contributed by atoms with Gasteiger partial charge in [-0.25, -0.2) is 9.59 Å². The van der Waals surface area contributed by atoms with Crippen molar-refractivity contribution in [2.45, 2.75) is 26.3 Å². The van der Waals surface area contributed by atoms with Crippen LogP contribution < -0.4 is 10.1 Å². The predicted octanol–water partition coefficient (Wildman–Crippen LogP) is 3.23. The van der Waals surface area contributed by atoms with Crippen LogP contribution in [0.1, 0.15) is 23.6 Å². The third-order valence-corrected chi connectivity index (χ3v) is 4.52. The van der Waals surface area contributed by atoms with Crippen LogP contribution in [0.25, 0.3) is 10.9 Å². The molecule has 7 heteroatoms. The van der Waals surface area contributed by atoms with Gasteiger partial charge in [0.15, 0.2) is 0 Å². The van der Waals surface area contributed by atoms with Gasteiger partial charge in [0.25, 0.3) is 0 Å². The van der Waals surface area contributed by atoms with E-state index in [1.54, 1.807) is 7.11 Å². The summed E-state index contributed by atoms with van der Waals surface area (Å²) < 4.78 is 5.18. The number of rotatable bonds is 7. The third kappa shape index (κ3) is 6.36. The second kappa shape index (κ2) is 10.9.